The molecular weight excluding hydrogens is 168 g/mol. The quantitative estimate of drug-likeness (QED) is 0.611. The highest BCUT2D eigenvalue weighted by atomic mass is 16.3. The van der Waals surface area contributed by atoms with Gasteiger partial charge in [-0.3, -0.25) is 0 Å². The third-order valence-corrected chi connectivity index (χ3v) is 1.69. The van der Waals surface area contributed by atoms with Crippen molar-refractivity contribution in [3.8, 4) is 17.2 Å². The van der Waals surface area contributed by atoms with Crippen LogP contribution >= 0.6 is 0 Å². The highest BCUT2D eigenvalue weighted by Crippen LogP contribution is 2.37. The molecule has 0 aliphatic carbocycles. The van der Waals surface area contributed by atoms with Crippen LogP contribution in [0.25, 0.3) is 6.08 Å². The first-order valence-corrected chi connectivity index (χ1v) is 4.07. The molecule has 3 heteroatoms. The third kappa shape index (κ3) is 1.93. The highest BCUT2D eigenvalue weighted by molar-refractivity contribution is 5.64. The minimum atomic E-state index is -0.474. The predicted molar refractivity (Wildman–Crippen MR) is 50.8 cm³/mol. The summed E-state index contributed by atoms with van der Waals surface area (Å²) in [5.74, 6) is -1.07. The summed E-state index contributed by atoms with van der Waals surface area (Å²) >= 11 is 0. The highest BCUT2D eigenvalue weighted by Gasteiger charge is 2.07. The summed E-state index contributed by atoms with van der Waals surface area (Å²) in [6, 6.07) is 2.88. The lowest BCUT2D eigenvalue weighted by Gasteiger charge is -2.03. The maximum Gasteiger partial charge on any atom is 0.200 e. The van der Waals surface area contributed by atoms with E-state index in [9.17, 15) is 5.11 Å². The van der Waals surface area contributed by atoms with Crippen LogP contribution in [0.5, 0.6) is 17.2 Å². The summed E-state index contributed by atoms with van der Waals surface area (Å²) in [5.41, 5.74) is 0.497. The monoisotopic (exact) mass is 180 g/mol. The van der Waals surface area contributed by atoms with Crippen molar-refractivity contribution >= 4 is 6.08 Å². The van der Waals surface area contributed by atoms with E-state index in [0.717, 1.165) is 6.42 Å². The van der Waals surface area contributed by atoms with Crippen molar-refractivity contribution in [3.05, 3.63) is 23.8 Å². The van der Waals surface area contributed by atoms with Crippen molar-refractivity contribution in [2.75, 3.05) is 0 Å². The minimum absolute atomic E-state index is 0.287. The van der Waals surface area contributed by atoms with E-state index in [2.05, 4.69) is 0 Å². The minimum Gasteiger partial charge on any atom is -0.504 e. The smallest absolute Gasteiger partial charge is 0.200 e. The Bertz CT molecular complexity index is 329. The Labute approximate surface area is 76.6 Å². The Morgan fingerprint density at radius 1 is 1.15 bits per heavy atom. The van der Waals surface area contributed by atoms with Crippen molar-refractivity contribution in [2.24, 2.45) is 0 Å². The van der Waals surface area contributed by atoms with E-state index in [-0.39, 0.29) is 11.5 Å². The number of phenolic OH excluding ortho intramolecular Hbond substituents is 3. The first-order valence-electron chi connectivity index (χ1n) is 4.07. The van der Waals surface area contributed by atoms with E-state index in [1.807, 2.05) is 13.0 Å². The van der Waals surface area contributed by atoms with Gasteiger partial charge in [0.2, 0.25) is 5.75 Å². The van der Waals surface area contributed by atoms with Gasteiger partial charge in [-0.1, -0.05) is 19.1 Å². The predicted octanol–water partition coefficient (Wildman–Crippen LogP) is 2.23. The van der Waals surface area contributed by atoms with Gasteiger partial charge >= 0.3 is 0 Å². The van der Waals surface area contributed by atoms with E-state index in [4.69, 9.17) is 10.2 Å². The molecule has 0 saturated carbocycles. The van der Waals surface area contributed by atoms with Crippen LogP contribution in [-0.4, -0.2) is 15.3 Å². The van der Waals surface area contributed by atoms with E-state index in [0.29, 0.717) is 5.56 Å². The zero-order valence-corrected chi connectivity index (χ0v) is 7.36. The van der Waals surface area contributed by atoms with Crippen molar-refractivity contribution in [2.45, 2.75) is 13.3 Å². The molecule has 0 saturated heterocycles. The van der Waals surface area contributed by atoms with Crippen LogP contribution in [0, 0.1) is 0 Å². The van der Waals surface area contributed by atoms with Gasteiger partial charge in [0.15, 0.2) is 11.5 Å². The molecule has 3 N–H and O–H groups in total. The van der Waals surface area contributed by atoms with Crippen LogP contribution < -0.4 is 0 Å². The van der Waals surface area contributed by atoms with Gasteiger partial charge in [-0.05, 0) is 18.6 Å². The molecule has 0 bridgehead atoms. The van der Waals surface area contributed by atoms with Crippen molar-refractivity contribution in [3.63, 3.8) is 0 Å². The van der Waals surface area contributed by atoms with Gasteiger partial charge in [0.1, 0.15) is 0 Å². The molecule has 0 fully saturated rings. The number of hydrogen-bond donors (Lipinski definition) is 3. The lowest BCUT2D eigenvalue weighted by Crippen LogP contribution is -1.76. The Balaban J connectivity index is 3.11. The molecule has 1 aromatic rings. The van der Waals surface area contributed by atoms with Gasteiger partial charge < -0.3 is 15.3 Å². The van der Waals surface area contributed by atoms with Crippen LogP contribution in [0.3, 0.4) is 0 Å². The molecule has 1 rings (SSSR count). The fourth-order valence-corrected chi connectivity index (χ4v) is 0.964. The topological polar surface area (TPSA) is 60.7 Å². The fourth-order valence-electron chi connectivity index (χ4n) is 0.964. The SMILES string of the molecule is CC/C=C/c1ccc(O)c(O)c1O. The number of rotatable bonds is 2. The molecule has 0 aliphatic heterocycles. The second kappa shape index (κ2) is 3.85. The molecule has 0 heterocycles. The largest absolute Gasteiger partial charge is 0.504 e. The second-order valence-electron chi connectivity index (χ2n) is 2.68. The number of benzene rings is 1. The molecule has 3 nitrogen and oxygen atoms in total. The van der Waals surface area contributed by atoms with E-state index < -0.39 is 5.75 Å². The maximum absolute atomic E-state index is 9.34. The molecule has 13 heavy (non-hydrogen) atoms. The second-order valence-corrected chi connectivity index (χ2v) is 2.68. The Hall–Kier alpha value is -1.64. The van der Waals surface area contributed by atoms with Gasteiger partial charge in [0.05, 0.1) is 0 Å². The van der Waals surface area contributed by atoms with Crippen LogP contribution in [0.15, 0.2) is 18.2 Å². The molecule has 70 valence electrons. The number of aromatic hydroxyl groups is 3. The molecule has 0 atom stereocenters. The summed E-state index contributed by atoms with van der Waals surface area (Å²) in [7, 11) is 0. The molecule has 0 aliphatic rings. The van der Waals surface area contributed by atoms with E-state index in [1.165, 1.54) is 12.1 Å². The van der Waals surface area contributed by atoms with Gasteiger partial charge in [-0.25, -0.2) is 0 Å². The number of hydrogen-bond acceptors (Lipinski definition) is 3. The first kappa shape index (κ1) is 9.45. The average Bonchev–Trinajstić information content (AvgIpc) is 2.13. The standard InChI is InChI=1S/C10H12O3/c1-2-3-4-7-5-6-8(11)10(13)9(7)12/h3-6,11-13H,2H2,1H3/b4-3+. The lowest BCUT2D eigenvalue weighted by molar-refractivity contribution is 0.367. The third-order valence-electron chi connectivity index (χ3n) is 1.69. The molecule has 0 aromatic heterocycles. The molecule has 0 amide bonds. The maximum atomic E-state index is 9.34. The van der Waals surface area contributed by atoms with Crippen LogP contribution in [0.2, 0.25) is 0 Å². The van der Waals surface area contributed by atoms with Gasteiger partial charge in [0, 0.05) is 5.56 Å². The van der Waals surface area contributed by atoms with E-state index in [1.54, 1.807) is 6.08 Å². The Kier molecular flexibility index (Phi) is 2.80. The summed E-state index contributed by atoms with van der Waals surface area (Å²) in [4.78, 5) is 0. The summed E-state index contributed by atoms with van der Waals surface area (Å²) < 4.78 is 0. The molecule has 0 radical (unpaired) electrons. The van der Waals surface area contributed by atoms with Crippen LogP contribution in [0.1, 0.15) is 18.9 Å². The summed E-state index contributed by atoms with van der Waals surface area (Å²) in [6.07, 6.45) is 4.39. The first-order chi connectivity index (χ1) is 6.16. The average molecular weight is 180 g/mol. The normalized spacial score (nSPS) is 10.8. The molecular formula is C10H12O3. The van der Waals surface area contributed by atoms with Crippen molar-refractivity contribution in [1.29, 1.82) is 0 Å². The van der Waals surface area contributed by atoms with Gasteiger partial charge in [-0.2, -0.15) is 0 Å². The lowest BCUT2D eigenvalue weighted by atomic mass is 10.1. The number of phenols is 3. The Morgan fingerprint density at radius 2 is 1.85 bits per heavy atom. The zero-order valence-electron chi connectivity index (χ0n) is 7.36. The number of allylic oxidation sites excluding steroid dienone is 1. The summed E-state index contributed by atoms with van der Waals surface area (Å²) in [6.45, 7) is 1.97. The van der Waals surface area contributed by atoms with E-state index >= 15 is 0 Å². The van der Waals surface area contributed by atoms with Crippen molar-refractivity contribution in [1.82, 2.24) is 0 Å². The molecule has 0 unspecified atom stereocenters. The molecule has 0 spiro atoms. The summed E-state index contributed by atoms with van der Waals surface area (Å²) in [5, 5.41) is 27.5. The van der Waals surface area contributed by atoms with Gasteiger partial charge in [-0.15, -0.1) is 0 Å². The fraction of sp³-hybridized carbons (Fsp3) is 0.200. The van der Waals surface area contributed by atoms with Crippen LogP contribution in [-0.2, 0) is 0 Å². The zero-order chi connectivity index (χ0) is 9.84. The van der Waals surface area contributed by atoms with Gasteiger partial charge in [0.25, 0.3) is 0 Å². The Morgan fingerprint density at radius 3 is 2.46 bits per heavy atom. The van der Waals surface area contributed by atoms with Crippen LogP contribution in [0.4, 0.5) is 0 Å². The molecule has 1 aromatic carbocycles. The van der Waals surface area contributed by atoms with Crippen molar-refractivity contribution < 1.29 is 15.3 Å².